The third-order valence-corrected chi connectivity index (χ3v) is 1.92. The number of hydrogen-bond donors (Lipinski definition) is 1. The largest absolute Gasteiger partial charge is 0.353 e. The van der Waals surface area contributed by atoms with Crippen molar-refractivity contribution >= 4 is 5.91 Å². The van der Waals surface area contributed by atoms with Crippen LogP contribution in [-0.4, -0.2) is 11.9 Å². The molecule has 0 aromatic carbocycles. The second-order valence-electron chi connectivity index (χ2n) is 3.71. The molecule has 2 heteroatoms. The van der Waals surface area contributed by atoms with Gasteiger partial charge in [-0.05, 0) is 26.7 Å². The Morgan fingerprint density at radius 1 is 1.38 bits per heavy atom. The minimum absolute atomic E-state index is 0.0872. The van der Waals surface area contributed by atoms with Gasteiger partial charge in [-0.25, -0.2) is 0 Å². The normalized spacial score (nSPS) is 13.6. The van der Waals surface area contributed by atoms with Crippen molar-refractivity contribution in [3.63, 3.8) is 0 Å². The zero-order valence-electron chi connectivity index (χ0n) is 9.13. The van der Waals surface area contributed by atoms with Crippen LogP contribution < -0.4 is 5.32 Å². The number of carbonyl (C=O) groups excluding carboxylic acids is 1. The molecule has 13 heavy (non-hydrogen) atoms. The Morgan fingerprint density at radius 3 is 2.46 bits per heavy atom. The number of nitrogens with one attached hydrogen (secondary N) is 1. The fourth-order valence-corrected chi connectivity index (χ4v) is 0.995. The smallest absolute Gasteiger partial charge is 0.222 e. The van der Waals surface area contributed by atoms with E-state index in [1.165, 1.54) is 0 Å². The molecule has 0 aliphatic rings. The molecule has 0 saturated carbocycles. The SMILES string of the molecule is C/C=C\CCC(C)NC(=O)C(C)C. The van der Waals surface area contributed by atoms with Crippen molar-refractivity contribution in [1.82, 2.24) is 5.32 Å². The zero-order chi connectivity index (χ0) is 10.3. The average Bonchev–Trinajstić information content (AvgIpc) is 2.04. The van der Waals surface area contributed by atoms with Gasteiger partial charge in [0.05, 0.1) is 0 Å². The highest BCUT2D eigenvalue weighted by atomic mass is 16.1. The third kappa shape index (κ3) is 6.38. The van der Waals surface area contributed by atoms with E-state index >= 15 is 0 Å². The van der Waals surface area contributed by atoms with Crippen LogP contribution in [0.25, 0.3) is 0 Å². The molecule has 76 valence electrons. The molecule has 0 aromatic rings. The molecule has 0 saturated heterocycles. The molecule has 1 amide bonds. The zero-order valence-corrected chi connectivity index (χ0v) is 9.13. The Hall–Kier alpha value is -0.790. The van der Waals surface area contributed by atoms with Crippen molar-refractivity contribution in [3.8, 4) is 0 Å². The summed E-state index contributed by atoms with van der Waals surface area (Å²) in [5.74, 6) is 0.233. The molecule has 0 aromatic heterocycles. The van der Waals surface area contributed by atoms with E-state index in [2.05, 4.69) is 11.4 Å². The molecule has 2 nitrogen and oxygen atoms in total. The Labute approximate surface area is 81.4 Å². The highest BCUT2D eigenvalue weighted by Crippen LogP contribution is 1.99. The monoisotopic (exact) mass is 183 g/mol. The van der Waals surface area contributed by atoms with Crippen molar-refractivity contribution in [2.24, 2.45) is 5.92 Å². The highest BCUT2D eigenvalue weighted by molar-refractivity contribution is 5.78. The molecule has 0 aliphatic heterocycles. The first-order chi connectivity index (χ1) is 6.07. The van der Waals surface area contributed by atoms with E-state index in [9.17, 15) is 4.79 Å². The van der Waals surface area contributed by atoms with Gasteiger partial charge in [0.2, 0.25) is 5.91 Å². The summed E-state index contributed by atoms with van der Waals surface area (Å²) in [5.41, 5.74) is 0. The summed E-state index contributed by atoms with van der Waals surface area (Å²) in [6.45, 7) is 7.88. The van der Waals surface area contributed by atoms with Crippen LogP contribution in [0.4, 0.5) is 0 Å². The van der Waals surface area contributed by atoms with Crippen LogP contribution in [0.5, 0.6) is 0 Å². The summed E-state index contributed by atoms with van der Waals surface area (Å²) in [4.78, 5) is 11.3. The van der Waals surface area contributed by atoms with Crippen LogP contribution in [0.15, 0.2) is 12.2 Å². The van der Waals surface area contributed by atoms with Gasteiger partial charge in [0.15, 0.2) is 0 Å². The molecule has 0 spiro atoms. The molecule has 1 N–H and O–H groups in total. The quantitative estimate of drug-likeness (QED) is 0.652. The van der Waals surface area contributed by atoms with Crippen LogP contribution >= 0.6 is 0 Å². The first-order valence-corrected chi connectivity index (χ1v) is 4.99. The van der Waals surface area contributed by atoms with Gasteiger partial charge < -0.3 is 5.32 Å². The molecule has 0 heterocycles. The molecule has 1 unspecified atom stereocenters. The predicted octanol–water partition coefficient (Wildman–Crippen LogP) is 2.50. The van der Waals surface area contributed by atoms with Gasteiger partial charge in [-0.15, -0.1) is 0 Å². The number of hydrogen-bond acceptors (Lipinski definition) is 1. The summed E-state index contributed by atoms with van der Waals surface area (Å²) in [6, 6.07) is 0.283. The highest BCUT2D eigenvalue weighted by Gasteiger charge is 2.09. The fraction of sp³-hybridized carbons (Fsp3) is 0.727. The Balaban J connectivity index is 3.61. The summed E-state index contributed by atoms with van der Waals surface area (Å²) < 4.78 is 0. The predicted molar refractivity (Wildman–Crippen MR) is 56.5 cm³/mol. The summed E-state index contributed by atoms with van der Waals surface area (Å²) in [5, 5.41) is 2.97. The van der Waals surface area contributed by atoms with Gasteiger partial charge in [-0.1, -0.05) is 26.0 Å². The Bertz CT molecular complexity index is 173. The first-order valence-electron chi connectivity index (χ1n) is 4.99. The fourth-order valence-electron chi connectivity index (χ4n) is 0.995. The molecular weight excluding hydrogens is 162 g/mol. The van der Waals surface area contributed by atoms with Gasteiger partial charge in [0.1, 0.15) is 0 Å². The molecule has 0 bridgehead atoms. The Kier molecular flexibility index (Phi) is 6.29. The maximum absolute atomic E-state index is 11.3. The van der Waals surface area contributed by atoms with Crippen LogP contribution in [0, 0.1) is 5.92 Å². The lowest BCUT2D eigenvalue weighted by Gasteiger charge is -2.14. The molecule has 0 aliphatic carbocycles. The van der Waals surface area contributed by atoms with Gasteiger partial charge in [0, 0.05) is 12.0 Å². The van der Waals surface area contributed by atoms with Crippen molar-refractivity contribution in [1.29, 1.82) is 0 Å². The van der Waals surface area contributed by atoms with Crippen LogP contribution in [0.3, 0.4) is 0 Å². The maximum atomic E-state index is 11.3. The third-order valence-electron chi connectivity index (χ3n) is 1.92. The van der Waals surface area contributed by atoms with E-state index in [1.54, 1.807) is 0 Å². The number of allylic oxidation sites excluding steroid dienone is 2. The minimum Gasteiger partial charge on any atom is -0.353 e. The Morgan fingerprint density at radius 2 is 2.00 bits per heavy atom. The van der Waals surface area contributed by atoms with Crippen molar-refractivity contribution < 1.29 is 4.79 Å². The van der Waals surface area contributed by atoms with Gasteiger partial charge in [-0.3, -0.25) is 4.79 Å². The summed E-state index contributed by atoms with van der Waals surface area (Å²) in [6.07, 6.45) is 6.22. The van der Waals surface area contributed by atoms with Crippen LogP contribution in [0.2, 0.25) is 0 Å². The number of amides is 1. The first kappa shape index (κ1) is 12.2. The molecule has 0 fully saturated rings. The topological polar surface area (TPSA) is 29.1 Å². The number of carbonyl (C=O) groups is 1. The van der Waals surface area contributed by atoms with E-state index in [1.807, 2.05) is 33.8 Å². The van der Waals surface area contributed by atoms with Crippen molar-refractivity contribution in [3.05, 3.63) is 12.2 Å². The lowest BCUT2D eigenvalue weighted by Crippen LogP contribution is -2.35. The van der Waals surface area contributed by atoms with Crippen molar-refractivity contribution in [2.45, 2.75) is 46.6 Å². The number of rotatable bonds is 5. The van der Waals surface area contributed by atoms with Crippen molar-refractivity contribution in [2.75, 3.05) is 0 Å². The standard InChI is InChI=1S/C11H21NO/c1-5-6-7-8-10(4)12-11(13)9(2)3/h5-6,9-10H,7-8H2,1-4H3,(H,12,13)/b6-5-. The molecule has 1 atom stereocenters. The summed E-state index contributed by atoms with van der Waals surface area (Å²) >= 11 is 0. The molecular formula is C11H21NO. The molecule has 0 radical (unpaired) electrons. The average molecular weight is 183 g/mol. The second kappa shape index (κ2) is 6.70. The van der Waals surface area contributed by atoms with E-state index in [-0.39, 0.29) is 17.9 Å². The van der Waals surface area contributed by atoms with Gasteiger partial charge in [0.25, 0.3) is 0 Å². The van der Waals surface area contributed by atoms with Gasteiger partial charge >= 0.3 is 0 Å². The minimum atomic E-state index is 0.0872. The summed E-state index contributed by atoms with van der Waals surface area (Å²) in [7, 11) is 0. The van der Waals surface area contributed by atoms with Gasteiger partial charge in [-0.2, -0.15) is 0 Å². The second-order valence-corrected chi connectivity index (χ2v) is 3.71. The van der Waals surface area contributed by atoms with E-state index in [4.69, 9.17) is 0 Å². The lowest BCUT2D eigenvalue weighted by molar-refractivity contribution is -0.124. The van der Waals surface area contributed by atoms with E-state index in [0.29, 0.717) is 0 Å². The van der Waals surface area contributed by atoms with Crippen LogP contribution in [0.1, 0.15) is 40.5 Å². The maximum Gasteiger partial charge on any atom is 0.222 e. The lowest BCUT2D eigenvalue weighted by atomic mass is 10.1. The van der Waals surface area contributed by atoms with E-state index < -0.39 is 0 Å². The van der Waals surface area contributed by atoms with Crippen LogP contribution in [-0.2, 0) is 4.79 Å². The van der Waals surface area contributed by atoms with E-state index in [0.717, 1.165) is 12.8 Å². The molecule has 0 rings (SSSR count).